The highest BCUT2D eigenvalue weighted by Gasteiger charge is 2.19. The van der Waals surface area contributed by atoms with Gasteiger partial charge >= 0.3 is 5.97 Å². The number of ether oxygens (including phenoxy) is 2. The molecule has 0 fully saturated rings. The van der Waals surface area contributed by atoms with Gasteiger partial charge in [-0.3, -0.25) is 0 Å². The number of methoxy groups -OCH3 is 1. The molecule has 2 rings (SSSR count). The summed E-state index contributed by atoms with van der Waals surface area (Å²) < 4.78 is 35.7. The highest BCUT2D eigenvalue weighted by molar-refractivity contribution is 7.89. The summed E-state index contributed by atoms with van der Waals surface area (Å²) >= 11 is 0. The van der Waals surface area contributed by atoms with Gasteiger partial charge in [0, 0.05) is 21.2 Å². The molecule has 0 radical (unpaired) electrons. The number of rotatable bonds is 7. The maximum Gasteiger partial charge on any atom is 0.343 e. The quantitative estimate of drug-likeness (QED) is 0.558. The Morgan fingerprint density at radius 3 is 2.36 bits per heavy atom. The van der Waals surface area contributed by atoms with Crippen LogP contribution in [0.1, 0.15) is 15.9 Å². The van der Waals surface area contributed by atoms with Crippen molar-refractivity contribution in [3.05, 3.63) is 59.7 Å². The minimum atomic E-state index is -3.61. The Hall–Kier alpha value is -2.22. The summed E-state index contributed by atoms with van der Waals surface area (Å²) in [4.78, 5) is 12.3. The van der Waals surface area contributed by atoms with Crippen LogP contribution in [0.5, 0.6) is 5.75 Å². The molecule has 7 heteroatoms. The number of nitrogens with zero attached hydrogens (tertiary/aromatic N) is 1. The SMILES string of the molecule is COCCc1ccc(OC(=O)c2cccc(S(=O)(=O)N(C)C)c2)cc1. The lowest BCUT2D eigenvalue weighted by molar-refractivity contribution is 0.0734. The largest absolute Gasteiger partial charge is 0.423 e. The van der Waals surface area contributed by atoms with Gasteiger partial charge in [0.15, 0.2) is 0 Å². The summed E-state index contributed by atoms with van der Waals surface area (Å²) in [6.45, 7) is 0.617. The molecule has 0 atom stereocenters. The number of hydrogen-bond acceptors (Lipinski definition) is 5. The second-order valence-electron chi connectivity index (χ2n) is 5.59. The van der Waals surface area contributed by atoms with Crippen LogP contribution in [0, 0.1) is 0 Å². The van der Waals surface area contributed by atoms with Crippen LogP contribution in [-0.2, 0) is 21.2 Å². The molecule has 134 valence electrons. The van der Waals surface area contributed by atoms with E-state index in [2.05, 4.69) is 0 Å². The van der Waals surface area contributed by atoms with Crippen molar-refractivity contribution in [2.75, 3.05) is 27.8 Å². The van der Waals surface area contributed by atoms with Gasteiger partial charge in [0.1, 0.15) is 5.75 Å². The topological polar surface area (TPSA) is 72.9 Å². The van der Waals surface area contributed by atoms with Crippen LogP contribution in [0.3, 0.4) is 0 Å². The Labute approximate surface area is 148 Å². The van der Waals surface area contributed by atoms with Crippen LogP contribution < -0.4 is 4.74 Å². The van der Waals surface area contributed by atoms with E-state index in [1.807, 2.05) is 12.1 Å². The number of sulfonamides is 1. The number of hydrogen-bond donors (Lipinski definition) is 0. The zero-order valence-corrected chi connectivity index (χ0v) is 15.2. The van der Waals surface area contributed by atoms with E-state index in [0.717, 1.165) is 16.3 Å². The van der Waals surface area contributed by atoms with E-state index < -0.39 is 16.0 Å². The van der Waals surface area contributed by atoms with E-state index in [9.17, 15) is 13.2 Å². The monoisotopic (exact) mass is 363 g/mol. The maximum atomic E-state index is 12.3. The van der Waals surface area contributed by atoms with E-state index in [-0.39, 0.29) is 10.5 Å². The second-order valence-corrected chi connectivity index (χ2v) is 7.74. The third kappa shape index (κ3) is 4.88. The molecule has 25 heavy (non-hydrogen) atoms. The van der Waals surface area contributed by atoms with Crippen molar-refractivity contribution >= 4 is 16.0 Å². The summed E-state index contributed by atoms with van der Waals surface area (Å²) in [7, 11) is 0.905. The average molecular weight is 363 g/mol. The first-order valence-electron chi connectivity index (χ1n) is 7.67. The molecule has 0 saturated carbocycles. The lowest BCUT2D eigenvalue weighted by Gasteiger charge is -2.12. The van der Waals surface area contributed by atoms with Crippen molar-refractivity contribution in [1.29, 1.82) is 0 Å². The Bertz CT molecular complexity index is 829. The van der Waals surface area contributed by atoms with Crippen molar-refractivity contribution in [2.45, 2.75) is 11.3 Å². The molecule has 0 aliphatic heterocycles. The lowest BCUT2D eigenvalue weighted by Crippen LogP contribution is -2.22. The Kier molecular flexibility index (Phi) is 6.30. The van der Waals surface area contributed by atoms with Crippen LogP contribution in [0.2, 0.25) is 0 Å². The van der Waals surface area contributed by atoms with Crippen molar-refractivity contribution in [3.63, 3.8) is 0 Å². The molecule has 0 heterocycles. The Morgan fingerprint density at radius 2 is 1.76 bits per heavy atom. The summed E-state index contributed by atoms with van der Waals surface area (Å²) in [5, 5.41) is 0. The third-order valence-corrected chi connectivity index (χ3v) is 5.39. The van der Waals surface area contributed by atoms with E-state index in [4.69, 9.17) is 9.47 Å². The van der Waals surface area contributed by atoms with Gasteiger partial charge in [-0.15, -0.1) is 0 Å². The van der Waals surface area contributed by atoms with Gasteiger partial charge in [-0.25, -0.2) is 17.5 Å². The van der Waals surface area contributed by atoms with Crippen LogP contribution in [0.25, 0.3) is 0 Å². The summed E-state index contributed by atoms with van der Waals surface area (Å²) in [6, 6.07) is 12.9. The number of benzene rings is 2. The zero-order chi connectivity index (χ0) is 18.4. The average Bonchev–Trinajstić information content (AvgIpc) is 2.61. The molecule has 0 saturated heterocycles. The lowest BCUT2D eigenvalue weighted by atomic mass is 10.1. The fourth-order valence-electron chi connectivity index (χ4n) is 2.10. The van der Waals surface area contributed by atoms with Crippen LogP contribution in [0.15, 0.2) is 53.4 Å². The fourth-order valence-corrected chi connectivity index (χ4v) is 3.05. The van der Waals surface area contributed by atoms with E-state index in [0.29, 0.717) is 12.4 Å². The predicted molar refractivity (Wildman–Crippen MR) is 94.3 cm³/mol. The van der Waals surface area contributed by atoms with E-state index in [1.165, 1.54) is 38.4 Å². The Balaban J connectivity index is 2.13. The van der Waals surface area contributed by atoms with Crippen molar-refractivity contribution in [1.82, 2.24) is 4.31 Å². The van der Waals surface area contributed by atoms with Gasteiger partial charge < -0.3 is 9.47 Å². The molecule has 0 aromatic heterocycles. The molecule has 6 nitrogen and oxygen atoms in total. The first-order chi connectivity index (χ1) is 11.8. The van der Waals surface area contributed by atoms with Crippen LogP contribution in [0.4, 0.5) is 0 Å². The third-order valence-electron chi connectivity index (χ3n) is 3.58. The first kappa shape index (κ1) is 19.1. The number of carbonyl (C=O) groups is 1. The highest BCUT2D eigenvalue weighted by Crippen LogP contribution is 2.18. The van der Waals surface area contributed by atoms with Gasteiger partial charge in [-0.1, -0.05) is 18.2 Å². The molecule has 0 spiro atoms. The predicted octanol–water partition coefficient (Wildman–Crippen LogP) is 2.35. The fraction of sp³-hybridized carbons (Fsp3) is 0.278. The maximum absolute atomic E-state index is 12.3. The minimum Gasteiger partial charge on any atom is -0.423 e. The van der Waals surface area contributed by atoms with E-state index in [1.54, 1.807) is 19.2 Å². The van der Waals surface area contributed by atoms with Gasteiger partial charge in [0.2, 0.25) is 10.0 Å². The number of carbonyl (C=O) groups excluding carboxylic acids is 1. The number of esters is 1. The van der Waals surface area contributed by atoms with Crippen molar-refractivity contribution in [3.8, 4) is 5.75 Å². The summed E-state index contributed by atoms with van der Waals surface area (Å²) in [6.07, 6.45) is 0.773. The highest BCUT2D eigenvalue weighted by atomic mass is 32.2. The molecule has 0 unspecified atom stereocenters. The Morgan fingerprint density at radius 1 is 1.08 bits per heavy atom. The van der Waals surface area contributed by atoms with Gasteiger partial charge in [-0.05, 0) is 42.3 Å². The molecular weight excluding hydrogens is 342 g/mol. The van der Waals surface area contributed by atoms with Crippen molar-refractivity contribution in [2.24, 2.45) is 0 Å². The molecule has 0 aliphatic carbocycles. The summed E-state index contributed by atoms with van der Waals surface area (Å²) in [5.74, 6) is -0.215. The standard InChI is InChI=1S/C18H21NO5S/c1-19(2)25(21,22)17-6-4-5-15(13-17)18(20)24-16-9-7-14(8-10-16)11-12-23-3/h4-10,13H,11-12H2,1-3H3. The molecule has 2 aromatic carbocycles. The van der Waals surface area contributed by atoms with Gasteiger partial charge in [0.05, 0.1) is 17.1 Å². The molecule has 2 aromatic rings. The molecule has 0 aliphatic rings. The normalized spacial score (nSPS) is 11.5. The second kappa shape index (κ2) is 8.24. The summed E-state index contributed by atoms with van der Waals surface area (Å²) in [5.41, 5.74) is 1.24. The molecular formula is C18H21NO5S. The molecule has 0 N–H and O–H groups in total. The molecule has 0 amide bonds. The molecule has 0 bridgehead atoms. The van der Waals surface area contributed by atoms with Crippen LogP contribution in [-0.4, -0.2) is 46.5 Å². The van der Waals surface area contributed by atoms with Crippen molar-refractivity contribution < 1.29 is 22.7 Å². The minimum absolute atomic E-state index is 0.0434. The van der Waals surface area contributed by atoms with Gasteiger partial charge in [0.25, 0.3) is 0 Å². The van der Waals surface area contributed by atoms with E-state index >= 15 is 0 Å². The van der Waals surface area contributed by atoms with Gasteiger partial charge in [-0.2, -0.15) is 0 Å². The van der Waals surface area contributed by atoms with Crippen LogP contribution >= 0.6 is 0 Å². The zero-order valence-electron chi connectivity index (χ0n) is 14.4. The first-order valence-corrected chi connectivity index (χ1v) is 9.11. The smallest absolute Gasteiger partial charge is 0.343 e.